The minimum Gasteiger partial charge on any atom is -0.357 e. The molecule has 1 aromatic heterocycles. The van der Waals surface area contributed by atoms with E-state index < -0.39 is 0 Å². The molecule has 0 amide bonds. The van der Waals surface area contributed by atoms with Crippen molar-refractivity contribution in [3.05, 3.63) is 18.0 Å². The van der Waals surface area contributed by atoms with Crippen LogP contribution in [0.15, 0.2) is 17.4 Å². The van der Waals surface area contributed by atoms with Crippen LogP contribution in [0.5, 0.6) is 0 Å². The first kappa shape index (κ1) is 17.5. The average molecular weight is 294 g/mol. The Labute approximate surface area is 128 Å². The minimum absolute atomic E-state index is 0.236. The van der Waals surface area contributed by atoms with Gasteiger partial charge >= 0.3 is 0 Å². The van der Waals surface area contributed by atoms with E-state index in [9.17, 15) is 0 Å². The van der Waals surface area contributed by atoms with Gasteiger partial charge in [0.05, 0.1) is 18.8 Å². The van der Waals surface area contributed by atoms with Crippen molar-refractivity contribution in [3.63, 3.8) is 0 Å². The topological polar surface area (TPSA) is 57.5 Å². The van der Waals surface area contributed by atoms with Crippen molar-refractivity contribution >= 4 is 5.96 Å². The number of aliphatic imine (C=N–C) groups is 1. The van der Waals surface area contributed by atoms with Gasteiger partial charge < -0.3 is 15.5 Å². The van der Waals surface area contributed by atoms with Crippen LogP contribution in [0.25, 0.3) is 0 Å². The summed E-state index contributed by atoms with van der Waals surface area (Å²) in [5.74, 6) is 0.890. The third kappa shape index (κ3) is 6.16. The number of guanidine groups is 1. The average Bonchev–Trinajstić information content (AvgIpc) is 2.85. The monoisotopic (exact) mass is 294 g/mol. The van der Waals surface area contributed by atoms with E-state index in [-0.39, 0.29) is 6.04 Å². The highest BCUT2D eigenvalue weighted by Crippen LogP contribution is 2.17. The lowest BCUT2D eigenvalue weighted by molar-refractivity contribution is 0.306. The molecular weight excluding hydrogens is 264 g/mol. The van der Waals surface area contributed by atoms with Crippen LogP contribution in [0.2, 0.25) is 0 Å². The SMILES string of the molecule is CCCCNC(=NCC(c1cnn(C)c1)N(C)C)NCC. The molecule has 0 aliphatic heterocycles. The highest BCUT2D eigenvalue weighted by atomic mass is 15.2. The number of likely N-dealkylation sites (N-methyl/N-ethyl adjacent to an activating group) is 1. The summed E-state index contributed by atoms with van der Waals surface area (Å²) in [6, 6.07) is 0.236. The Balaban J connectivity index is 2.69. The van der Waals surface area contributed by atoms with Gasteiger partial charge in [-0.3, -0.25) is 9.67 Å². The van der Waals surface area contributed by atoms with Crippen LogP contribution < -0.4 is 10.6 Å². The summed E-state index contributed by atoms with van der Waals surface area (Å²) in [5, 5.41) is 10.9. The second kappa shape index (κ2) is 9.39. The molecule has 6 heteroatoms. The van der Waals surface area contributed by atoms with Crippen LogP contribution in [-0.4, -0.2) is 54.4 Å². The molecule has 0 saturated heterocycles. The summed E-state index contributed by atoms with van der Waals surface area (Å²) >= 11 is 0. The van der Waals surface area contributed by atoms with Crippen molar-refractivity contribution < 1.29 is 0 Å². The van der Waals surface area contributed by atoms with Gasteiger partial charge in [0.2, 0.25) is 0 Å². The Bertz CT molecular complexity index is 424. The normalized spacial score (nSPS) is 13.5. The summed E-state index contributed by atoms with van der Waals surface area (Å²) in [6.07, 6.45) is 6.31. The Hall–Kier alpha value is -1.56. The molecule has 0 aliphatic rings. The smallest absolute Gasteiger partial charge is 0.191 e. The Morgan fingerprint density at radius 2 is 2.14 bits per heavy atom. The molecule has 120 valence electrons. The maximum absolute atomic E-state index is 4.71. The van der Waals surface area contributed by atoms with E-state index in [2.05, 4.69) is 54.8 Å². The number of unbranched alkanes of at least 4 members (excludes halogenated alkanes) is 1. The van der Waals surface area contributed by atoms with E-state index >= 15 is 0 Å². The molecule has 1 aromatic rings. The highest BCUT2D eigenvalue weighted by molar-refractivity contribution is 5.79. The highest BCUT2D eigenvalue weighted by Gasteiger charge is 2.15. The maximum atomic E-state index is 4.71. The third-order valence-electron chi connectivity index (χ3n) is 3.32. The van der Waals surface area contributed by atoms with Crippen LogP contribution >= 0.6 is 0 Å². The lowest BCUT2D eigenvalue weighted by Crippen LogP contribution is -2.38. The molecule has 0 fully saturated rings. The molecule has 1 rings (SSSR count). The number of rotatable bonds is 8. The van der Waals surface area contributed by atoms with E-state index in [4.69, 9.17) is 4.99 Å². The molecule has 0 aliphatic carbocycles. The van der Waals surface area contributed by atoms with E-state index in [1.165, 1.54) is 12.0 Å². The lowest BCUT2D eigenvalue weighted by Gasteiger charge is -2.22. The van der Waals surface area contributed by atoms with Crippen molar-refractivity contribution in [1.29, 1.82) is 0 Å². The number of aromatic nitrogens is 2. The summed E-state index contributed by atoms with van der Waals surface area (Å²) in [7, 11) is 6.09. The van der Waals surface area contributed by atoms with E-state index in [1.807, 2.05) is 17.9 Å². The molecular formula is C15H30N6. The molecule has 0 spiro atoms. The van der Waals surface area contributed by atoms with Gasteiger partial charge in [-0.15, -0.1) is 0 Å². The molecule has 2 N–H and O–H groups in total. The van der Waals surface area contributed by atoms with Crippen molar-refractivity contribution in [2.45, 2.75) is 32.7 Å². The molecule has 1 unspecified atom stereocenters. The van der Waals surface area contributed by atoms with Gasteiger partial charge in [0.1, 0.15) is 0 Å². The summed E-state index contributed by atoms with van der Waals surface area (Å²) in [4.78, 5) is 6.88. The van der Waals surface area contributed by atoms with Crippen molar-refractivity contribution in [1.82, 2.24) is 25.3 Å². The Kier molecular flexibility index (Phi) is 7.82. The number of aryl methyl sites for hydroxylation is 1. The summed E-state index contributed by atoms with van der Waals surface area (Å²) in [5.41, 5.74) is 1.19. The number of nitrogens with zero attached hydrogens (tertiary/aromatic N) is 4. The van der Waals surface area contributed by atoms with Gasteiger partial charge in [-0.25, -0.2) is 0 Å². The van der Waals surface area contributed by atoms with E-state index in [0.29, 0.717) is 6.54 Å². The van der Waals surface area contributed by atoms with Gasteiger partial charge in [0.15, 0.2) is 5.96 Å². The van der Waals surface area contributed by atoms with E-state index in [0.717, 1.165) is 25.5 Å². The molecule has 21 heavy (non-hydrogen) atoms. The first-order chi connectivity index (χ1) is 10.1. The molecule has 0 saturated carbocycles. The van der Waals surface area contributed by atoms with Crippen LogP contribution in [-0.2, 0) is 7.05 Å². The zero-order chi connectivity index (χ0) is 15.7. The van der Waals surface area contributed by atoms with Gasteiger partial charge in [0, 0.05) is 31.9 Å². The van der Waals surface area contributed by atoms with Gasteiger partial charge in [0.25, 0.3) is 0 Å². The molecule has 0 radical (unpaired) electrons. The Morgan fingerprint density at radius 1 is 1.38 bits per heavy atom. The summed E-state index contributed by atoms with van der Waals surface area (Å²) < 4.78 is 1.83. The van der Waals surface area contributed by atoms with E-state index in [1.54, 1.807) is 0 Å². The van der Waals surface area contributed by atoms with Crippen LogP contribution in [0.1, 0.15) is 38.3 Å². The molecule has 0 aromatic carbocycles. The lowest BCUT2D eigenvalue weighted by atomic mass is 10.1. The summed E-state index contributed by atoms with van der Waals surface area (Å²) in [6.45, 7) is 6.82. The molecule has 0 bridgehead atoms. The molecule has 1 atom stereocenters. The van der Waals surface area contributed by atoms with Crippen molar-refractivity contribution in [2.24, 2.45) is 12.0 Å². The second-order valence-electron chi connectivity index (χ2n) is 5.43. The quantitative estimate of drug-likeness (QED) is 0.432. The number of hydrogen-bond acceptors (Lipinski definition) is 3. The predicted octanol–water partition coefficient (Wildman–Crippen LogP) is 1.38. The fourth-order valence-corrected chi connectivity index (χ4v) is 2.08. The minimum atomic E-state index is 0.236. The van der Waals surface area contributed by atoms with Crippen molar-refractivity contribution in [2.75, 3.05) is 33.7 Å². The fraction of sp³-hybridized carbons (Fsp3) is 0.733. The number of nitrogens with one attached hydrogen (secondary N) is 2. The molecule has 1 heterocycles. The predicted molar refractivity (Wildman–Crippen MR) is 88.5 cm³/mol. The van der Waals surface area contributed by atoms with Gasteiger partial charge in [-0.2, -0.15) is 5.10 Å². The van der Waals surface area contributed by atoms with Crippen LogP contribution in [0.4, 0.5) is 0 Å². The Morgan fingerprint density at radius 3 is 2.67 bits per heavy atom. The maximum Gasteiger partial charge on any atom is 0.191 e. The second-order valence-corrected chi connectivity index (χ2v) is 5.43. The number of hydrogen-bond donors (Lipinski definition) is 2. The third-order valence-corrected chi connectivity index (χ3v) is 3.32. The van der Waals surface area contributed by atoms with Gasteiger partial charge in [-0.05, 0) is 27.4 Å². The first-order valence-corrected chi connectivity index (χ1v) is 7.75. The largest absolute Gasteiger partial charge is 0.357 e. The van der Waals surface area contributed by atoms with Gasteiger partial charge in [-0.1, -0.05) is 13.3 Å². The first-order valence-electron chi connectivity index (χ1n) is 7.75. The van der Waals surface area contributed by atoms with Crippen LogP contribution in [0, 0.1) is 0 Å². The fourth-order valence-electron chi connectivity index (χ4n) is 2.08. The standard InChI is InChI=1S/C15H30N6/c1-6-8-9-17-15(16-7-2)18-11-14(20(3)4)13-10-19-21(5)12-13/h10,12,14H,6-9,11H2,1-5H3,(H2,16,17,18). The zero-order valence-corrected chi connectivity index (χ0v) is 14.1. The molecule has 6 nitrogen and oxygen atoms in total. The zero-order valence-electron chi connectivity index (χ0n) is 14.1. The van der Waals surface area contributed by atoms with Crippen LogP contribution in [0.3, 0.4) is 0 Å². The van der Waals surface area contributed by atoms with Crippen molar-refractivity contribution in [3.8, 4) is 0 Å².